The van der Waals surface area contributed by atoms with Crippen molar-refractivity contribution in [2.45, 2.75) is 48.1 Å². The van der Waals surface area contributed by atoms with E-state index < -0.39 is 0 Å². The molecule has 4 aliphatic carbocycles. The topological polar surface area (TPSA) is 19.4 Å². The molecular weight excluding hydrogens is 711 g/mol. The Hall–Kier alpha value is -6.10. The van der Waals surface area contributed by atoms with Crippen molar-refractivity contribution in [2.24, 2.45) is 5.92 Å². The van der Waals surface area contributed by atoms with Crippen LogP contribution in [0, 0.1) is 5.92 Å². The van der Waals surface area contributed by atoms with Gasteiger partial charge in [0.25, 0.3) is 0 Å². The lowest BCUT2D eigenvalue weighted by Crippen LogP contribution is -2.33. The molecular formula is C53H41N3S. The molecule has 0 radical (unpaired) electrons. The molecule has 5 aromatic rings. The number of anilines is 2. The van der Waals surface area contributed by atoms with Gasteiger partial charge in [-0.25, -0.2) is 0 Å². The van der Waals surface area contributed by atoms with Crippen LogP contribution in [-0.2, 0) is 0 Å². The molecule has 0 amide bonds. The highest BCUT2D eigenvalue weighted by atomic mass is 32.2. The van der Waals surface area contributed by atoms with E-state index in [4.69, 9.17) is 0 Å². The summed E-state index contributed by atoms with van der Waals surface area (Å²) in [6.07, 6.45) is 33.5. The van der Waals surface area contributed by atoms with E-state index in [1.54, 1.807) is 5.57 Å². The molecule has 7 aliphatic rings. The molecule has 57 heavy (non-hydrogen) atoms. The number of pyridine rings is 1. The van der Waals surface area contributed by atoms with Crippen LogP contribution in [0.3, 0.4) is 0 Å². The zero-order valence-electron chi connectivity index (χ0n) is 31.6. The van der Waals surface area contributed by atoms with Crippen molar-refractivity contribution in [1.29, 1.82) is 0 Å². The van der Waals surface area contributed by atoms with Gasteiger partial charge in [-0.15, -0.1) is 0 Å². The van der Waals surface area contributed by atoms with E-state index in [0.29, 0.717) is 17.9 Å². The fraction of sp³-hybridized carbons (Fsp3) is 0.151. The fourth-order valence-corrected chi connectivity index (χ4v) is 11.7. The van der Waals surface area contributed by atoms with Crippen LogP contribution in [0.2, 0.25) is 0 Å². The first-order chi connectivity index (χ1) is 28.2. The SMILES string of the molecule is C1=CC2c3cc(C4=CC5C6=C(C=CCC6)N(C6=CC=C7Sc8ccccc8C7C6)C5C=C4)ccc3N(c3cc(-c4ccccc4)cc(-c4cccnc4)c3)C2C=C1. The van der Waals surface area contributed by atoms with Crippen molar-refractivity contribution in [3.63, 3.8) is 0 Å². The van der Waals surface area contributed by atoms with Crippen molar-refractivity contribution in [3.05, 3.63) is 221 Å². The average molecular weight is 752 g/mol. The molecule has 4 aromatic carbocycles. The van der Waals surface area contributed by atoms with Crippen molar-refractivity contribution in [1.82, 2.24) is 9.88 Å². The van der Waals surface area contributed by atoms with Gasteiger partial charge in [-0.3, -0.25) is 4.98 Å². The molecule has 5 unspecified atom stereocenters. The van der Waals surface area contributed by atoms with Crippen LogP contribution in [0.5, 0.6) is 0 Å². The van der Waals surface area contributed by atoms with Gasteiger partial charge in [0, 0.05) is 63.4 Å². The van der Waals surface area contributed by atoms with E-state index in [1.807, 2.05) is 30.2 Å². The standard InChI is InChI=1S/C53H41N3S/c1-2-11-34(12-3-1)38-27-39(37-13-10-26-54-33-37)29-41(28-38)56-49-18-8-5-15-43(49)46-31-36(21-24-51(46)56)35-20-23-50-45(30-35)42-14-4-7-17-48(42)55(50)40-22-25-53-47(32-40)44-16-6-9-19-52(44)57-53/h1-3,5-13,15-31,33,43,45,47,49-50H,4,14,32H2. The number of rotatable bonds is 5. The molecule has 5 atom stereocenters. The molecule has 4 heteroatoms. The average Bonchev–Trinajstić information content (AvgIpc) is 3.94. The summed E-state index contributed by atoms with van der Waals surface area (Å²) in [7, 11) is 0. The number of allylic oxidation sites excluding steroid dienone is 10. The van der Waals surface area contributed by atoms with Crippen LogP contribution >= 0.6 is 11.8 Å². The van der Waals surface area contributed by atoms with Crippen LogP contribution in [-0.4, -0.2) is 22.0 Å². The number of aromatic nitrogens is 1. The number of hydrogen-bond acceptors (Lipinski definition) is 4. The number of thioether (sulfide) groups is 1. The van der Waals surface area contributed by atoms with Crippen molar-refractivity contribution >= 4 is 28.7 Å². The van der Waals surface area contributed by atoms with Crippen LogP contribution in [0.15, 0.2) is 209 Å². The molecule has 0 fully saturated rings. The Bertz CT molecular complexity index is 2670. The van der Waals surface area contributed by atoms with E-state index in [9.17, 15) is 0 Å². The highest BCUT2D eigenvalue weighted by Crippen LogP contribution is 2.56. The Morgan fingerprint density at radius 1 is 0.649 bits per heavy atom. The van der Waals surface area contributed by atoms with Crippen LogP contribution < -0.4 is 4.90 Å². The van der Waals surface area contributed by atoms with E-state index in [2.05, 4.69) is 179 Å². The Labute approximate surface area is 339 Å². The van der Waals surface area contributed by atoms with Gasteiger partial charge in [-0.05, 0) is 129 Å². The van der Waals surface area contributed by atoms with Gasteiger partial charge in [0.05, 0.1) is 12.1 Å². The molecule has 3 aliphatic heterocycles. The zero-order valence-corrected chi connectivity index (χ0v) is 32.4. The lowest BCUT2D eigenvalue weighted by Gasteiger charge is -2.35. The predicted molar refractivity (Wildman–Crippen MR) is 236 cm³/mol. The minimum atomic E-state index is 0.196. The second kappa shape index (κ2) is 13.2. The molecule has 12 rings (SSSR count). The molecule has 3 nitrogen and oxygen atoms in total. The summed E-state index contributed by atoms with van der Waals surface area (Å²) in [5.74, 6) is 1.09. The maximum atomic E-state index is 4.48. The van der Waals surface area contributed by atoms with Gasteiger partial charge in [-0.1, -0.05) is 121 Å². The highest BCUT2D eigenvalue weighted by molar-refractivity contribution is 8.03. The summed E-state index contributed by atoms with van der Waals surface area (Å²) in [4.78, 5) is 12.6. The summed E-state index contributed by atoms with van der Waals surface area (Å²) >= 11 is 1.96. The van der Waals surface area contributed by atoms with Crippen molar-refractivity contribution in [2.75, 3.05) is 4.90 Å². The molecule has 4 heterocycles. The molecule has 0 saturated carbocycles. The summed E-state index contributed by atoms with van der Waals surface area (Å²) < 4.78 is 0. The number of hydrogen-bond donors (Lipinski definition) is 0. The Balaban J connectivity index is 0.903. The van der Waals surface area contributed by atoms with E-state index in [-0.39, 0.29) is 12.0 Å². The second-order valence-corrected chi connectivity index (χ2v) is 17.3. The first-order valence-corrected chi connectivity index (χ1v) is 21.2. The van der Waals surface area contributed by atoms with Crippen molar-refractivity contribution in [3.8, 4) is 22.3 Å². The maximum Gasteiger partial charge on any atom is 0.0629 e. The molecule has 274 valence electrons. The molecule has 0 saturated heterocycles. The third-order valence-electron chi connectivity index (χ3n) is 13.1. The van der Waals surface area contributed by atoms with Gasteiger partial charge in [0.1, 0.15) is 0 Å². The predicted octanol–water partition coefficient (Wildman–Crippen LogP) is 13.1. The second-order valence-electron chi connectivity index (χ2n) is 16.1. The van der Waals surface area contributed by atoms with Crippen LogP contribution in [0.1, 0.15) is 47.8 Å². The highest BCUT2D eigenvalue weighted by Gasteiger charge is 2.43. The third kappa shape index (κ3) is 5.38. The normalized spacial score (nSPS) is 24.6. The summed E-state index contributed by atoms with van der Waals surface area (Å²) in [5, 5.41) is 0. The molecule has 0 bridgehead atoms. The minimum absolute atomic E-state index is 0.196. The Kier molecular flexibility index (Phi) is 7.69. The fourth-order valence-electron chi connectivity index (χ4n) is 10.4. The van der Waals surface area contributed by atoms with Crippen LogP contribution in [0.25, 0.3) is 27.8 Å². The number of fused-ring (bicyclic) bond motifs is 8. The molecule has 0 spiro atoms. The maximum absolute atomic E-state index is 4.48. The third-order valence-corrected chi connectivity index (χ3v) is 14.3. The summed E-state index contributed by atoms with van der Waals surface area (Å²) in [5.41, 5.74) is 17.2. The van der Waals surface area contributed by atoms with E-state index in [1.165, 1.54) is 71.5 Å². The van der Waals surface area contributed by atoms with Gasteiger partial charge in [0.15, 0.2) is 0 Å². The lowest BCUT2D eigenvalue weighted by atomic mass is 9.82. The van der Waals surface area contributed by atoms with E-state index in [0.717, 1.165) is 24.8 Å². The van der Waals surface area contributed by atoms with Gasteiger partial charge in [0.2, 0.25) is 0 Å². The first-order valence-electron chi connectivity index (χ1n) is 20.4. The van der Waals surface area contributed by atoms with Gasteiger partial charge in [-0.2, -0.15) is 0 Å². The quantitative estimate of drug-likeness (QED) is 0.178. The van der Waals surface area contributed by atoms with Crippen LogP contribution in [0.4, 0.5) is 11.4 Å². The Morgan fingerprint density at radius 2 is 1.49 bits per heavy atom. The van der Waals surface area contributed by atoms with Crippen molar-refractivity contribution < 1.29 is 0 Å². The zero-order chi connectivity index (χ0) is 37.5. The first kappa shape index (κ1) is 33.1. The molecule has 1 aromatic heterocycles. The monoisotopic (exact) mass is 751 g/mol. The number of nitrogens with zero attached hydrogens (tertiary/aromatic N) is 3. The van der Waals surface area contributed by atoms with Gasteiger partial charge < -0.3 is 9.80 Å². The number of benzene rings is 4. The van der Waals surface area contributed by atoms with E-state index >= 15 is 0 Å². The Morgan fingerprint density at radius 3 is 2.40 bits per heavy atom. The summed E-state index contributed by atoms with van der Waals surface area (Å²) in [6.45, 7) is 0. The largest absolute Gasteiger partial charge is 0.337 e. The minimum Gasteiger partial charge on any atom is -0.337 e. The lowest BCUT2D eigenvalue weighted by molar-refractivity contribution is 0.355. The summed E-state index contributed by atoms with van der Waals surface area (Å²) in [6, 6.07) is 38.7. The van der Waals surface area contributed by atoms with Gasteiger partial charge >= 0.3 is 0 Å². The smallest absolute Gasteiger partial charge is 0.0629 e. The molecule has 0 N–H and O–H groups in total.